The van der Waals surface area contributed by atoms with E-state index in [4.69, 9.17) is 9.47 Å². The molecular weight excluding hydrogens is 415 g/mol. The van der Waals surface area contributed by atoms with Crippen molar-refractivity contribution in [2.24, 2.45) is 0 Å². The molecule has 1 amide bonds. The van der Waals surface area contributed by atoms with Crippen LogP contribution in [0.3, 0.4) is 0 Å². The Morgan fingerprint density at radius 2 is 2.03 bits per heavy atom. The third-order valence-corrected chi connectivity index (χ3v) is 5.44. The number of anilines is 1. The standard InChI is InChI=1S/C20H17FN2O6S/c1-11-8-12(23(26)27)6-7-15(11)22-17(24)10-29-20(25)19-13(9-28-2)18-14(21)4-3-5-16(18)30-19/h3-8H,9-10H2,1-2H3,(H,22,24). The maximum atomic E-state index is 14.2. The fourth-order valence-electron chi connectivity index (χ4n) is 2.90. The first kappa shape index (κ1) is 21.3. The number of carbonyl (C=O) groups excluding carboxylic acids is 2. The van der Waals surface area contributed by atoms with Crippen molar-refractivity contribution in [2.75, 3.05) is 19.0 Å². The summed E-state index contributed by atoms with van der Waals surface area (Å²) in [5.41, 5.74) is 1.13. The van der Waals surface area contributed by atoms with Gasteiger partial charge in [0.25, 0.3) is 11.6 Å². The Kier molecular flexibility index (Phi) is 6.38. The number of ether oxygens (including phenoxy) is 2. The number of nitrogens with zero attached hydrogens (tertiary/aromatic N) is 1. The molecule has 0 bridgehead atoms. The quantitative estimate of drug-likeness (QED) is 0.341. The number of rotatable bonds is 7. The van der Waals surface area contributed by atoms with Crippen molar-refractivity contribution in [3.05, 3.63) is 68.3 Å². The van der Waals surface area contributed by atoms with Crippen molar-refractivity contribution in [3.63, 3.8) is 0 Å². The topological polar surface area (TPSA) is 108 Å². The van der Waals surface area contributed by atoms with E-state index in [-0.39, 0.29) is 17.2 Å². The zero-order chi connectivity index (χ0) is 21.8. The van der Waals surface area contributed by atoms with Crippen molar-refractivity contribution in [1.82, 2.24) is 0 Å². The molecule has 0 unspecified atom stereocenters. The van der Waals surface area contributed by atoms with Crippen LogP contribution in [0, 0.1) is 22.9 Å². The van der Waals surface area contributed by atoms with Crippen molar-refractivity contribution in [3.8, 4) is 0 Å². The van der Waals surface area contributed by atoms with Crippen molar-refractivity contribution in [2.45, 2.75) is 13.5 Å². The summed E-state index contributed by atoms with van der Waals surface area (Å²) in [6.45, 7) is 1.05. The van der Waals surface area contributed by atoms with Crippen LogP contribution in [-0.2, 0) is 20.9 Å². The summed E-state index contributed by atoms with van der Waals surface area (Å²) in [7, 11) is 1.43. The number of hydrogen-bond acceptors (Lipinski definition) is 7. The molecule has 0 fully saturated rings. The zero-order valence-electron chi connectivity index (χ0n) is 16.1. The molecule has 0 atom stereocenters. The Morgan fingerprint density at radius 1 is 1.27 bits per heavy atom. The number of carbonyl (C=O) groups is 2. The van der Waals surface area contributed by atoms with Gasteiger partial charge in [-0.3, -0.25) is 14.9 Å². The van der Waals surface area contributed by atoms with E-state index in [1.54, 1.807) is 19.1 Å². The van der Waals surface area contributed by atoms with Crippen LogP contribution in [0.25, 0.3) is 10.1 Å². The highest BCUT2D eigenvalue weighted by Gasteiger charge is 2.22. The van der Waals surface area contributed by atoms with Crippen LogP contribution < -0.4 is 5.32 Å². The zero-order valence-corrected chi connectivity index (χ0v) is 16.9. The highest BCUT2D eigenvalue weighted by atomic mass is 32.1. The third-order valence-electron chi connectivity index (χ3n) is 4.27. The highest BCUT2D eigenvalue weighted by Crippen LogP contribution is 2.34. The normalized spacial score (nSPS) is 10.8. The average molecular weight is 432 g/mol. The summed E-state index contributed by atoms with van der Waals surface area (Å²) in [6.07, 6.45) is 0. The van der Waals surface area contributed by atoms with Gasteiger partial charge in [0.1, 0.15) is 10.7 Å². The number of methoxy groups -OCH3 is 1. The van der Waals surface area contributed by atoms with E-state index < -0.39 is 29.2 Å². The maximum absolute atomic E-state index is 14.2. The van der Waals surface area contributed by atoms with Gasteiger partial charge in [-0.2, -0.15) is 0 Å². The Morgan fingerprint density at radius 3 is 2.70 bits per heavy atom. The van der Waals surface area contributed by atoms with Gasteiger partial charge < -0.3 is 14.8 Å². The van der Waals surface area contributed by atoms with Gasteiger partial charge in [0, 0.05) is 40.6 Å². The summed E-state index contributed by atoms with van der Waals surface area (Å²) < 4.78 is 25.0. The van der Waals surface area contributed by atoms with Gasteiger partial charge in [-0.1, -0.05) is 6.07 Å². The first-order chi connectivity index (χ1) is 14.3. The van der Waals surface area contributed by atoms with Crippen molar-refractivity contribution < 1.29 is 28.4 Å². The summed E-state index contributed by atoms with van der Waals surface area (Å²) >= 11 is 1.06. The Labute approximate surface area is 174 Å². The molecule has 0 saturated heterocycles. The molecule has 30 heavy (non-hydrogen) atoms. The second kappa shape index (κ2) is 8.97. The molecule has 10 heteroatoms. The SMILES string of the molecule is COCc1c(C(=O)OCC(=O)Nc2ccc([N+](=O)[O-])cc2C)sc2cccc(F)c12. The molecule has 3 rings (SSSR count). The van der Waals surface area contributed by atoms with Crippen LogP contribution >= 0.6 is 11.3 Å². The fraction of sp³-hybridized carbons (Fsp3) is 0.200. The number of benzene rings is 2. The smallest absolute Gasteiger partial charge is 0.349 e. The number of esters is 1. The second-order valence-electron chi connectivity index (χ2n) is 6.34. The van der Waals surface area contributed by atoms with Gasteiger partial charge in [-0.15, -0.1) is 11.3 Å². The summed E-state index contributed by atoms with van der Waals surface area (Å²) in [5, 5.41) is 13.6. The monoisotopic (exact) mass is 432 g/mol. The number of thiophene rings is 1. The van der Waals surface area contributed by atoms with Gasteiger partial charge in [-0.25, -0.2) is 9.18 Å². The average Bonchev–Trinajstić information content (AvgIpc) is 3.08. The van der Waals surface area contributed by atoms with E-state index >= 15 is 0 Å². The summed E-state index contributed by atoms with van der Waals surface area (Å²) in [5.74, 6) is -1.85. The van der Waals surface area contributed by atoms with Crippen LogP contribution in [0.4, 0.5) is 15.8 Å². The number of nitro benzene ring substituents is 1. The van der Waals surface area contributed by atoms with Crippen LogP contribution in [0.2, 0.25) is 0 Å². The van der Waals surface area contributed by atoms with Crippen LogP contribution in [0.5, 0.6) is 0 Å². The lowest BCUT2D eigenvalue weighted by Crippen LogP contribution is -2.21. The van der Waals surface area contributed by atoms with Gasteiger partial charge in [0.15, 0.2) is 6.61 Å². The lowest BCUT2D eigenvalue weighted by atomic mass is 10.1. The van der Waals surface area contributed by atoms with Crippen molar-refractivity contribution in [1.29, 1.82) is 0 Å². The first-order valence-corrected chi connectivity index (χ1v) is 9.54. The molecule has 8 nitrogen and oxygen atoms in total. The highest BCUT2D eigenvalue weighted by molar-refractivity contribution is 7.21. The number of halogens is 1. The largest absolute Gasteiger partial charge is 0.451 e. The molecule has 1 heterocycles. The first-order valence-electron chi connectivity index (χ1n) is 8.72. The lowest BCUT2D eigenvalue weighted by molar-refractivity contribution is -0.384. The molecule has 3 aromatic rings. The van der Waals surface area contributed by atoms with E-state index in [2.05, 4.69) is 5.32 Å². The predicted molar refractivity (Wildman–Crippen MR) is 109 cm³/mol. The minimum atomic E-state index is -0.766. The lowest BCUT2D eigenvalue weighted by Gasteiger charge is -2.09. The number of hydrogen-bond donors (Lipinski definition) is 1. The van der Waals surface area contributed by atoms with E-state index in [1.165, 1.54) is 31.4 Å². The number of nitrogens with one attached hydrogen (secondary N) is 1. The summed E-state index contributed by atoms with van der Waals surface area (Å²) in [6, 6.07) is 8.51. The number of fused-ring (bicyclic) bond motifs is 1. The molecule has 0 aliphatic heterocycles. The molecule has 1 aromatic heterocycles. The maximum Gasteiger partial charge on any atom is 0.349 e. The Balaban J connectivity index is 1.71. The van der Waals surface area contributed by atoms with Gasteiger partial charge in [-0.05, 0) is 30.7 Å². The van der Waals surface area contributed by atoms with Crippen LogP contribution in [0.1, 0.15) is 20.8 Å². The fourth-order valence-corrected chi connectivity index (χ4v) is 4.01. The molecule has 2 aromatic carbocycles. The molecular formula is C20H17FN2O6S. The molecule has 1 N–H and O–H groups in total. The molecule has 0 aliphatic carbocycles. The molecule has 0 aliphatic rings. The number of aryl methyl sites for hydroxylation is 1. The number of amides is 1. The second-order valence-corrected chi connectivity index (χ2v) is 7.39. The van der Waals surface area contributed by atoms with Gasteiger partial charge in [0.05, 0.1) is 11.5 Å². The van der Waals surface area contributed by atoms with E-state index in [0.29, 0.717) is 26.9 Å². The summed E-state index contributed by atoms with van der Waals surface area (Å²) in [4.78, 5) is 35.1. The molecule has 0 spiro atoms. The van der Waals surface area contributed by atoms with E-state index in [0.717, 1.165) is 11.3 Å². The Bertz CT molecular complexity index is 1140. The Hall–Kier alpha value is -3.37. The molecule has 0 saturated carbocycles. The minimum absolute atomic E-state index is 0.0134. The van der Waals surface area contributed by atoms with E-state index in [1.807, 2.05) is 0 Å². The molecule has 156 valence electrons. The van der Waals surface area contributed by atoms with E-state index in [9.17, 15) is 24.1 Å². The third kappa shape index (κ3) is 4.44. The van der Waals surface area contributed by atoms with Gasteiger partial charge in [0.2, 0.25) is 0 Å². The number of nitro groups is 1. The van der Waals surface area contributed by atoms with Gasteiger partial charge >= 0.3 is 5.97 Å². The van der Waals surface area contributed by atoms with Crippen LogP contribution in [-0.4, -0.2) is 30.5 Å². The predicted octanol–water partition coefficient (Wildman–Crippen LogP) is 4.20. The minimum Gasteiger partial charge on any atom is -0.451 e. The molecule has 0 radical (unpaired) electrons. The van der Waals surface area contributed by atoms with Crippen LogP contribution in [0.15, 0.2) is 36.4 Å². The van der Waals surface area contributed by atoms with Crippen molar-refractivity contribution >= 4 is 44.7 Å². The number of non-ortho nitro benzene ring substituents is 1.